The molecule has 0 bridgehead atoms. The topological polar surface area (TPSA) is 87.1 Å². The lowest BCUT2D eigenvalue weighted by Crippen LogP contribution is -2.35. The normalized spacial score (nSPS) is 10.8. The number of amides is 1. The minimum atomic E-state index is -0.538. The van der Waals surface area contributed by atoms with Crippen LogP contribution in [0.25, 0.3) is 10.9 Å². The molecular weight excluding hydrogens is 282 g/mol. The highest BCUT2D eigenvalue weighted by atomic mass is 16.3. The van der Waals surface area contributed by atoms with Gasteiger partial charge in [0.1, 0.15) is 5.75 Å². The van der Waals surface area contributed by atoms with Crippen molar-refractivity contribution in [3.8, 4) is 5.75 Å². The van der Waals surface area contributed by atoms with E-state index in [9.17, 15) is 14.7 Å². The fourth-order valence-electron chi connectivity index (χ4n) is 2.30. The molecule has 3 aromatic rings. The predicted molar refractivity (Wildman–Crippen MR) is 83.0 cm³/mol. The first-order chi connectivity index (χ1) is 10.6. The minimum Gasteiger partial charge on any atom is -0.508 e. The van der Waals surface area contributed by atoms with Gasteiger partial charge in [-0.25, -0.2) is 4.79 Å². The molecule has 3 N–H and O–H groups in total. The van der Waals surface area contributed by atoms with Crippen LogP contribution in [0.4, 0.5) is 4.79 Å². The summed E-state index contributed by atoms with van der Waals surface area (Å²) in [5, 5.41) is 15.1. The Hall–Kier alpha value is -3.02. The molecule has 3 rings (SSSR count). The summed E-state index contributed by atoms with van der Waals surface area (Å²) in [5.41, 5.74) is 2.05. The molecule has 6 nitrogen and oxygen atoms in total. The van der Waals surface area contributed by atoms with E-state index in [1.807, 2.05) is 31.2 Å². The number of aromatic hydroxyl groups is 1. The number of H-pyrrole nitrogens is 1. The van der Waals surface area contributed by atoms with Gasteiger partial charge in [-0.2, -0.15) is 4.68 Å². The van der Waals surface area contributed by atoms with Crippen molar-refractivity contribution in [2.24, 2.45) is 0 Å². The number of carbonyl (C=O) groups is 1. The quantitative estimate of drug-likeness (QED) is 0.677. The lowest BCUT2D eigenvalue weighted by Gasteiger charge is -2.07. The number of phenols is 1. The number of aryl methyl sites for hydroxylation is 1. The molecule has 0 spiro atoms. The smallest absolute Gasteiger partial charge is 0.343 e. The Kier molecular flexibility index (Phi) is 3.42. The van der Waals surface area contributed by atoms with Crippen LogP contribution in [0.5, 0.6) is 5.75 Å². The number of aromatic nitrogens is 2. The summed E-state index contributed by atoms with van der Waals surface area (Å²) < 4.78 is 0.905. The van der Waals surface area contributed by atoms with Gasteiger partial charge < -0.3 is 10.4 Å². The van der Waals surface area contributed by atoms with Crippen molar-refractivity contribution in [1.29, 1.82) is 0 Å². The Morgan fingerprint density at radius 1 is 1.27 bits per heavy atom. The van der Waals surface area contributed by atoms with E-state index in [0.717, 1.165) is 15.8 Å². The van der Waals surface area contributed by atoms with Crippen molar-refractivity contribution >= 4 is 16.9 Å². The Bertz CT molecular complexity index is 908. The minimum absolute atomic E-state index is 0.0175. The van der Waals surface area contributed by atoms with Crippen LogP contribution in [0.15, 0.2) is 47.3 Å². The fourth-order valence-corrected chi connectivity index (χ4v) is 2.30. The molecule has 112 valence electrons. The second kappa shape index (κ2) is 5.40. The van der Waals surface area contributed by atoms with Gasteiger partial charge in [0, 0.05) is 6.54 Å². The lowest BCUT2D eigenvalue weighted by molar-refractivity contribution is 0.238. The van der Waals surface area contributed by atoms with E-state index in [1.165, 1.54) is 12.1 Å². The molecule has 0 fully saturated rings. The van der Waals surface area contributed by atoms with Gasteiger partial charge in [0.25, 0.3) is 5.56 Å². The van der Waals surface area contributed by atoms with E-state index in [4.69, 9.17) is 0 Å². The Morgan fingerprint density at radius 3 is 2.82 bits per heavy atom. The number of aromatic amines is 1. The standard InChI is InChI=1S/C16H15N3O3/c1-10-4-2-3-5-11(10)9-17-16(22)19-15(21)13-8-12(20)6-7-14(13)18-19/h2-8,18,20H,9H2,1H3,(H,17,22). The number of rotatable bonds is 2. The second-order valence-electron chi connectivity index (χ2n) is 5.07. The second-order valence-corrected chi connectivity index (χ2v) is 5.07. The van der Waals surface area contributed by atoms with Crippen molar-refractivity contribution in [2.75, 3.05) is 0 Å². The molecule has 0 unspecified atom stereocenters. The molecule has 1 heterocycles. The van der Waals surface area contributed by atoms with E-state index in [2.05, 4.69) is 10.4 Å². The van der Waals surface area contributed by atoms with Gasteiger partial charge in [-0.05, 0) is 36.2 Å². The largest absolute Gasteiger partial charge is 0.508 e. The van der Waals surface area contributed by atoms with Crippen molar-refractivity contribution in [2.45, 2.75) is 13.5 Å². The highest BCUT2D eigenvalue weighted by Gasteiger charge is 2.13. The number of nitrogens with one attached hydrogen (secondary N) is 2. The molecule has 1 aromatic heterocycles. The van der Waals surface area contributed by atoms with Gasteiger partial charge >= 0.3 is 6.03 Å². The highest BCUT2D eigenvalue weighted by molar-refractivity contribution is 5.85. The van der Waals surface area contributed by atoms with Gasteiger partial charge in [-0.1, -0.05) is 24.3 Å². The number of fused-ring (bicyclic) bond motifs is 1. The van der Waals surface area contributed by atoms with E-state index < -0.39 is 11.6 Å². The number of hydrogen-bond acceptors (Lipinski definition) is 3. The Balaban J connectivity index is 1.85. The molecule has 0 aliphatic carbocycles. The molecule has 1 amide bonds. The van der Waals surface area contributed by atoms with Gasteiger partial charge in [-0.3, -0.25) is 9.89 Å². The monoisotopic (exact) mass is 297 g/mol. The maximum atomic E-state index is 12.2. The van der Waals surface area contributed by atoms with Gasteiger partial charge in [0.15, 0.2) is 0 Å². The first kappa shape index (κ1) is 13.9. The SMILES string of the molecule is Cc1ccccc1CNC(=O)n1[nH]c2ccc(O)cc2c1=O. The lowest BCUT2D eigenvalue weighted by atomic mass is 10.1. The summed E-state index contributed by atoms with van der Waals surface area (Å²) in [5.74, 6) is -0.0175. The zero-order valence-corrected chi connectivity index (χ0v) is 12.0. The maximum absolute atomic E-state index is 12.2. The predicted octanol–water partition coefficient (Wildman–Crippen LogP) is 2.10. The molecule has 0 aliphatic heterocycles. The molecule has 0 saturated heterocycles. The number of nitrogens with zero attached hydrogens (tertiary/aromatic N) is 1. The first-order valence-corrected chi connectivity index (χ1v) is 6.83. The number of benzene rings is 2. The third-order valence-corrected chi connectivity index (χ3v) is 3.56. The van der Waals surface area contributed by atoms with Crippen molar-refractivity contribution < 1.29 is 9.90 Å². The van der Waals surface area contributed by atoms with Gasteiger partial charge in [0.2, 0.25) is 0 Å². The zero-order valence-electron chi connectivity index (χ0n) is 12.0. The molecular formula is C16H15N3O3. The maximum Gasteiger partial charge on any atom is 0.343 e. The van der Waals surface area contributed by atoms with Crippen LogP contribution < -0.4 is 10.9 Å². The summed E-state index contributed by atoms with van der Waals surface area (Å²) in [7, 11) is 0. The van der Waals surface area contributed by atoms with Crippen LogP contribution in [0.3, 0.4) is 0 Å². The average molecular weight is 297 g/mol. The van der Waals surface area contributed by atoms with Gasteiger partial charge in [-0.15, -0.1) is 0 Å². The summed E-state index contributed by atoms with van der Waals surface area (Å²) >= 11 is 0. The van der Waals surface area contributed by atoms with Crippen LogP contribution in [0, 0.1) is 6.92 Å². The highest BCUT2D eigenvalue weighted by Crippen LogP contribution is 2.15. The summed E-state index contributed by atoms with van der Waals surface area (Å²) in [4.78, 5) is 24.3. The Morgan fingerprint density at radius 2 is 2.05 bits per heavy atom. The van der Waals surface area contributed by atoms with Crippen LogP contribution in [-0.2, 0) is 6.54 Å². The van der Waals surface area contributed by atoms with Crippen LogP contribution in [0.1, 0.15) is 11.1 Å². The van der Waals surface area contributed by atoms with Crippen LogP contribution in [0.2, 0.25) is 0 Å². The molecule has 2 aromatic carbocycles. The summed E-state index contributed by atoms with van der Waals surface area (Å²) in [6.07, 6.45) is 0. The van der Waals surface area contributed by atoms with Gasteiger partial charge in [0.05, 0.1) is 10.9 Å². The number of carbonyl (C=O) groups excluding carboxylic acids is 1. The van der Waals surface area contributed by atoms with Crippen LogP contribution in [-0.4, -0.2) is 20.9 Å². The third-order valence-electron chi connectivity index (χ3n) is 3.56. The molecule has 0 saturated carbocycles. The third kappa shape index (κ3) is 2.46. The van der Waals surface area contributed by atoms with Crippen LogP contribution >= 0.6 is 0 Å². The summed E-state index contributed by atoms with van der Waals surface area (Å²) in [6.45, 7) is 2.29. The van der Waals surface area contributed by atoms with E-state index in [1.54, 1.807) is 6.07 Å². The molecule has 0 atom stereocenters. The van der Waals surface area contributed by atoms with E-state index in [0.29, 0.717) is 12.1 Å². The zero-order chi connectivity index (χ0) is 15.7. The van der Waals surface area contributed by atoms with Crippen molar-refractivity contribution in [3.63, 3.8) is 0 Å². The number of phenolic OH excluding ortho intramolecular Hbond substituents is 1. The average Bonchev–Trinajstić information content (AvgIpc) is 2.83. The van der Waals surface area contributed by atoms with Crippen molar-refractivity contribution in [1.82, 2.24) is 15.1 Å². The molecule has 22 heavy (non-hydrogen) atoms. The Labute approximate surface area is 126 Å². The number of hydrogen-bond donors (Lipinski definition) is 3. The van der Waals surface area contributed by atoms with Crippen molar-refractivity contribution in [3.05, 3.63) is 63.9 Å². The molecule has 0 aliphatic rings. The molecule has 6 heteroatoms. The fraction of sp³-hybridized carbons (Fsp3) is 0.125. The van der Waals surface area contributed by atoms with E-state index >= 15 is 0 Å². The molecule has 0 radical (unpaired) electrons. The first-order valence-electron chi connectivity index (χ1n) is 6.83. The van der Waals surface area contributed by atoms with E-state index in [-0.39, 0.29) is 11.1 Å². The summed E-state index contributed by atoms with van der Waals surface area (Å²) in [6, 6.07) is 11.5.